The van der Waals surface area contributed by atoms with Crippen LogP contribution in [0.15, 0.2) is 6.07 Å². The highest BCUT2D eigenvalue weighted by Crippen LogP contribution is 2.26. The molecule has 6 heteroatoms. The van der Waals surface area contributed by atoms with Crippen LogP contribution in [-0.4, -0.2) is 35.2 Å². The Hall–Kier alpha value is -1.98. The number of methoxy groups -OCH3 is 1. The van der Waals surface area contributed by atoms with Gasteiger partial charge in [-0.3, -0.25) is 0 Å². The highest BCUT2D eigenvalue weighted by Gasteiger charge is 2.27. The van der Waals surface area contributed by atoms with Crippen LogP contribution in [0, 0.1) is 0 Å². The van der Waals surface area contributed by atoms with E-state index >= 15 is 0 Å². The molecule has 0 spiro atoms. The molecule has 0 unspecified atom stereocenters. The lowest BCUT2D eigenvalue weighted by molar-refractivity contribution is 0.0222. The predicted octanol–water partition coefficient (Wildman–Crippen LogP) is 1.97. The molecular weight excluding hydrogens is 258 g/mol. The van der Waals surface area contributed by atoms with Crippen LogP contribution in [-0.2, 0) is 17.7 Å². The van der Waals surface area contributed by atoms with E-state index < -0.39 is 5.60 Å². The van der Waals surface area contributed by atoms with Gasteiger partial charge < -0.3 is 20.1 Å². The Balaban J connectivity index is 2.15. The molecule has 2 heterocycles. The third-order valence-corrected chi connectivity index (χ3v) is 3.01. The first kappa shape index (κ1) is 14.4. The number of fused-ring (bicyclic) bond motifs is 1. The number of nitrogen functional groups attached to an aromatic ring is 1. The lowest BCUT2D eigenvalue weighted by atomic mass is 10.1. The van der Waals surface area contributed by atoms with Crippen LogP contribution in [0.1, 0.15) is 32.0 Å². The molecule has 0 bridgehead atoms. The topological polar surface area (TPSA) is 77.7 Å². The third-order valence-electron chi connectivity index (χ3n) is 3.01. The lowest BCUT2D eigenvalue weighted by Gasteiger charge is -2.31. The Labute approximate surface area is 118 Å². The normalized spacial score (nSPS) is 14.7. The molecule has 0 aliphatic carbocycles. The van der Waals surface area contributed by atoms with Crippen molar-refractivity contribution in [1.82, 2.24) is 9.88 Å². The number of anilines is 1. The highest BCUT2D eigenvalue weighted by molar-refractivity contribution is 5.69. The van der Waals surface area contributed by atoms with Crippen molar-refractivity contribution in [3.05, 3.63) is 17.3 Å². The van der Waals surface area contributed by atoms with Crippen molar-refractivity contribution in [2.45, 2.75) is 39.3 Å². The zero-order chi connectivity index (χ0) is 14.9. The summed E-state index contributed by atoms with van der Waals surface area (Å²) in [5, 5.41) is 0. The van der Waals surface area contributed by atoms with Crippen LogP contribution in [0.25, 0.3) is 0 Å². The average molecular weight is 279 g/mol. The number of carbonyl (C=O) groups is 1. The molecule has 1 aromatic heterocycles. The summed E-state index contributed by atoms with van der Waals surface area (Å²) in [6.45, 7) is 6.61. The summed E-state index contributed by atoms with van der Waals surface area (Å²) in [7, 11) is 1.54. The number of nitrogens with two attached hydrogens (primary N) is 1. The average Bonchev–Trinajstić information content (AvgIpc) is 2.35. The van der Waals surface area contributed by atoms with Crippen molar-refractivity contribution in [3.8, 4) is 5.88 Å². The van der Waals surface area contributed by atoms with Gasteiger partial charge in [0, 0.05) is 13.0 Å². The van der Waals surface area contributed by atoms with Crippen LogP contribution in [0.2, 0.25) is 0 Å². The SMILES string of the molecule is COc1nc2c(cc1N)CN(C(=O)OC(C)(C)C)CC2. The van der Waals surface area contributed by atoms with E-state index in [4.69, 9.17) is 15.2 Å². The maximum absolute atomic E-state index is 12.1. The molecule has 0 fully saturated rings. The van der Waals surface area contributed by atoms with Crippen LogP contribution in [0.5, 0.6) is 5.88 Å². The minimum Gasteiger partial charge on any atom is -0.480 e. The van der Waals surface area contributed by atoms with Crippen molar-refractivity contribution in [3.63, 3.8) is 0 Å². The van der Waals surface area contributed by atoms with E-state index in [9.17, 15) is 4.79 Å². The third kappa shape index (κ3) is 3.12. The van der Waals surface area contributed by atoms with E-state index in [1.165, 1.54) is 0 Å². The van der Waals surface area contributed by atoms with Crippen molar-refractivity contribution in [1.29, 1.82) is 0 Å². The number of nitrogens with zero attached hydrogens (tertiary/aromatic N) is 2. The molecule has 1 aromatic rings. The van der Waals surface area contributed by atoms with E-state index in [0.29, 0.717) is 31.1 Å². The molecule has 0 aromatic carbocycles. The summed E-state index contributed by atoms with van der Waals surface area (Å²) >= 11 is 0. The van der Waals surface area contributed by atoms with Crippen molar-refractivity contribution in [2.75, 3.05) is 19.4 Å². The summed E-state index contributed by atoms with van der Waals surface area (Å²) in [6, 6.07) is 1.82. The predicted molar refractivity (Wildman–Crippen MR) is 75.5 cm³/mol. The van der Waals surface area contributed by atoms with E-state index in [-0.39, 0.29) is 6.09 Å². The van der Waals surface area contributed by atoms with E-state index in [1.54, 1.807) is 12.0 Å². The minimum atomic E-state index is -0.492. The number of hydrogen-bond donors (Lipinski definition) is 1. The van der Waals surface area contributed by atoms with E-state index in [1.807, 2.05) is 26.8 Å². The van der Waals surface area contributed by atoms with Crippen molar-refractivity contribution < 1.29 is 14.3 Å². The fourth-order valence-electron chi connectivity index (χ4n) is 2.12. The van der Waals surface area contributed by atoms with E-state index in [0.717, 1.165) is 11.3 Å². The van der Waals surface area contributed by atoms with Crippen LogP contribution >= 0.6 is 0 Å². The molecule has 0 saturated carbocycles. The maximum atomic E-state index is 12.1. The smallest absolute Gasteiger partial charge is 0.410 e. The number of carbonyl (C=O) groups excluding carboxylic acids is 1. The van der Waals surface area contributed by atoms with Gasteiger partial charge in [0.05, 0.1) is 25.0 Å². The first-order valence-electron chi connectivity index (χ1n) is 6.60. The van der Waals surface area contributed by atoms with Gasteiger partial charge in [-0.25, -0.2) is 9.78 Å². The lowest BCUT2D eigenvalue weighted by Crippen LogP contribution is -2.40. The number of aromatic nitrogens is 1. The molecule has 6 nitrogen and oxygen atoms in total. The first-order chi connectivity index (χ1) is 9.30. The van der Waals surface area contributed by atoms with Crippen LogP contribution in [0.3, 0.4) is 0 Å². The molecule has 0 radical (unpaired) electrons. The Morgan fingerprint density at radius 2 is 2.15 bits per heavy atom. The summed E-state index contributed by atoms with van der Waals surface area (Å²) < 4.78 is 10.5. The second-order valence-corrected chi connectivity index (χ2v) is 5.84. The molecule has 20 heavy (non-hydrogen) atoms. The van der Waals surface area contributed by atoms with Gasteiger partial charge in [0.2, 0.25) is 5.88 Å². The Kier molecular flexibility index (Phi) is 3.74. The maximum Gasteiger partial charge on any atom is 0.410 e. The van der Waals surface area contributed by atoms with Gasteiger partial charge in [0.1, 0.15) is 5.60 Å². The molecule has 1 aliphatic rings. The Morgan fingerprint density at radius 1 is 1.45 bits per heavy atom. The first-order valence-corrected chi connectivity index (χ1v) is 6.60. The number of ether oxygens (including phenoxy) is 2. The quantitative estimate of drug-likeness (QED) is 0.850. The van der Waals surface area contributed by atoms with Gasteiger partial charge in [0.25, 0.3) is 0 Å². The minimum absolute atomic E-state index is 0.308. The second-order valence-electron chi connectivity index (χ2n) is 5.84. The highest BCUT2D eigenvalue weighted by atomic mass is 16.6. The molecular formula is C14H21N3O3. The Morgan fingerprint density at radius 3 is 2.75 bits per heavy atom. The molecule has 0 atom stereocenters. The molecule has 2 N–H and O–H groups in total. The number of rotatable bonds is 1. The van der Waals surface area contributed by atoms with Crippen LogP contribution < -0.4 is 10.5 Å². The summed E-state index contributed by atoms with van der Waals surface area (Å²) in [6.07, 6.45) is 0.364. The van der Waals surface area contributed by atoms with Crippen LogP contribution in [0.4, 0.5) is 10.5 Å². The fourth-order valence-corrected chi connectivity index (χ4v) is 2.12. The zero-order valence-electron chi connectivity index (χ0n) is 12.4. The standard InChI is InChI=1S/C14H21N3O3/c1-14(2,3)20-13(18)17-6-5-11-9(8-17)7-10(15)12(16-11)19-4/h7H,5-6,8,15H2,1-4H3. The largest absolute Gasteiger partial charge is 0.480 e. The van der Waals surface area contributed by atoms with Crippen molar-refractivity contribution >= 4 is 11.8 Å². The number of pyridine rings is 1. The van der Waals surface area contributed by atoms with Gasteiger partial charge in [0.15, 0.2) is 0 Å². The van der Waals surface area contributed by atoms with Gasteiger partial charge in [-0.15, -0.1) is 0 Å². The molecule has 1 amide bonds. The molecule has 110 valence electrons. The molecule has 2 rings (SSSR count). The molecule has 1 aliphatic heterocycles. The second kappa shape index (κ2) is 5.19. The number of amides is 1. The van der Waals surface area contributed by atoms with Gasteiger partial charge in [-0.05, 0) is 32.4 Å². The summed E-state index contributed by atoms with van der Waals surface area (Å²) in [5.74, 6) is 0.439. The fraction of sp³-hybridized carbons (Fsp3) is 0.571. The van der Waals surface area contributed by atoms with Gasteiger partial charge in [-0.1, -0.05) is 0 Å². The Bertz CT molecular complexity index is 523. The monoisotopic (exact) mass is 279 g/mol. The van der Waals surface area contributed by atoms with E-state index in [2.05, 4.69) is 4.98 Å². The summed E-state index contributed by atoms with van der Waals surface area (Å²) in [4.78, 5) is 18.1. The number of hydrogen-bond acceptors (Lipinski definition) is 5. The van der Waals surface area contributed by atoms with Gasteiger partial charge >= 0.3 is 6.09 Å². The van der Waals surface area contributed by atoms with Crippen molar-refractivity contribution in [2.24, 2.45) is 0 Å². The molecule has 0 saturated heterocycles. The summed E-state index contributed by atoms with van der Waals surface area (Å²) in [5.41, 5.74) is 7.72. The zero-order valence-corrected chi connectivity index (χ0v) is 12.4. The van der Waals surface area contributed by atoms with Gasteiger partial charge in [-0.2, -0.15) is 0 Å².